The van der Waals surface area contributed by atoms with E-state index < -0.39 is 0 Å². The summed E-state index contributed by atoms with van der Waals surface area (Å²) in [5, 5.41) is 14.3. The van der Waals surface area contributed by atoms with E-state index in [2.05, 4.69) is 23.3 Å². The average Bonchev–Trinajstić information content (AvgIpc) is 3.17. The van der Waals surface area contributed by atoms with Crippen molar-refractivity contribution < 1.29 is 9.53 Å². The van der Waals surface area contributed by atoms with Crippen LogP contribution in [0, 0.1) is 17.2 Å². The Morgan fingerprint density at radius 2 is 2.24 bits per heavy atom. The lowest BCUT2D eigenvalue weighted by Crippen LogP contribution is -2.25. The number of anilines is 1. The van der Waals surface area contributed by atoms with Gasteiger partial charge in [0.2, 0.25) is 5.91 Å². The zero-order valence-corrected chi connectivity index (χ0v) is 21.1. The normalized spacial score (nSPS) is 15.1. The van der Waals surface area contributed by atoms with Gasteiger partial charge in [-0.05, 0) is 56.2 Å². The van der Waals surface area contributed by atoms with Crippen molar-refractivity contribution in [3.63, 3.8) is 0 Å². The van der Waals surface area contributed by atoms with Gasteiger partial charge in [-0.15, -0.1) is 11.3 Å². The summed E-state index contributed by atoms with van der Waals surface area (Å²) in [6.07, 6.45) is 3.58. The van der Waals surface area contributed by atoms with Crippen molar-refractivity contribution in [2.45, 2.75) is 51.2 Å². The van der Waals surface area contributed by atoms with Crippen LogP contribution >= 0.6 is 23.1 Å². The molecular weight excluding hydrogens is 468 g/mol. The number of hydrogen-bond donors (Lipinski definition) is 1. The molecule has 9 heteroatoms. The number of carbonyl (C=O) groups is 1. The van der Waals surface area contributed by atoms with Crippen molar-refractivity contribution >= 4 is 44.9 Å². The molecule has 1 N–H and O–H groups in total. The molecule has 0 saturated carbocycles. The molecule has 3 aromatic rings. The van der Waals surface area contributed by atoms with Gasteiger partial charge in [-0.1, -0.05) is 30.8 Å². The van der Waals surface area contributed by atoms with Crippen molar-refractivity contribution in [3.05, 3.63) is 50.6 Å². The molecule has 1 atom stereocenters. The maximum Gasteiger partial charge on any atom is 0.262 e. The number of ether oxygens (including phenoxy) is 1. The Hall–Kier alpha value is -2.67. The molecule has 4 rings (SSSR count). The molecule has 34 heavy (non-hydrogen) atoms. The number of benzene rings is 1. The predicted octanol–water partition coefficient (Wildman–Crippen LogP) is 4.61. The zero-order valence-electron chi connectivity index (χ0n) is 19.4. The molecule has 0 unspecified atom stereocenters. The maximum absolute atomic E-state index is 13.1. The van der Waals surface area contributed by atoms with Crippen molar-refractivity contribution in [1.82, 2.24) is 9.55 Å². The number of hydrogen-bond acceptors (Lipinski definition) is 7. The van der Waals surface area contributed by atoms with Gasteiger partial charge in [-0.25, -0.2) is 4.98 Å². The minimum atomic E-state index is -0.212. The number of nitrogens with zero attached hydrogens (tertiary/aromatic N) is 3. The average molecular weight is 497 g/mol. The highest BCUT2D eigenvalue weighted by Crippen LogP contribution is 2.39. The minimum absolute atomic E-state index is 0.0973. The van der Waals surface area contributed by atoms with E-state index in [9.17, 15) is 14.9 Å². The second-order valence-electron chi connectivity index (χ2n) is 8.42. The Balaban J connectivity index is 1.51. The van der Waals surface area contributed by atoms with Gasteiger partial charge in [-0.3, -0.25) is 14.2 Å². The van der Waals surface area contributed by atoms with Gasteiger partial charge in [-0.2, -0.15) is 5.26 Å². The first-order valence-electron chi connectivity index (χ1n) is 11.6. The topological polar surface area (TPSA) is 97.0 Å². The fourth-order valence-electron chi connectivity index (χ4n) is 4.17. The Morgan fingerprint density at radius 3 is 3.03 bits per heavy atom. The van der Waals surface area contributed by atoms with Gasteiger partial charge in [0.15, 0.2) is 5.16 Å². The number of rotatable bonds is 9. The summed E-state index contributed by atoms with van der Waals surface area (Å²) in [5.41, 5.74) is 2.19. The molecular formula is C25H28N4O3S2. The largest absolute Gasteiger partial charge is 0.382 e. The first-order chi connectivity index (χ1) is 16.5. The van der Waals surface area contributed by atoms with E-state index in [1.165, 1.54) is 28.0 Å². The molecule has 1 aromatic carbocycles. The van der Waals surface area contributed by atoms with Gasteiger partial charge >= 0.3 is 0 Å². The van der Waals surface area contributed by atoms with E-state index in [0.717, 1.165) is 24.8 Å². The lowest BCUT2D eigenvalue weighted by molar-refractivity contribution is -0.113. The van der Waals surface area contributed by atoms with Crippen LogP contribution in [0.2, 0.25) is 0 Å². The van der Waals surface area contributed by atoms with Gasteiger partial charge in [0.05, 0.1) is 22.2 Å². The quantitative estimate of drug-likeness (QED) is 0.264. The molecule has 2 aromatic heterocycles. The first kappa shape index (κ1) is 24.5. The lowest BCUT2D eigenvalue weighted by Gasteiger charge is -2.17. The Morgan fingerprint density at radius 1 is 1.41 bits per heavy atom. The summed E-state index contributed by atoms with van der Waals surface area (Å²) < 4.78 is 7.05. The summed E-state index contributed by atoms with van der Waals surface area (Å²) in [6.45, 7) is 5.80. The predicted molar refractivity (Wildman–Crippen MR) is 137 cm³/mol. The maximum atomic E-state index is 13.1. The molecule has 0 spiro atoms. The van der Waals surface area contributed by atoms with Crippen molar-refractivity contribution in [2.24, 2.45) is 5.92 Å². The fourth-order valence-corrected chi connectivity index (χ4v) is 6.38. The first-order valence-corrected chi connectivity index (χ1v) is 13.4. The number of thioether (sulfide) groups is 1. The van der Waals surface area contributed by atoms with Crippen molar-refractivity contribution in [1.29, 1.82) is 5.26 Å². The Kier molecular flexibility index (Phi) is 8.03. The highest BCUT2D eigenvalue weighted by Gasteiger charge is 2.25. The van der Waals surface area contributed by atoms with Crippen LogP contribution in [0.4, 0.5) is 5.00 Å². The third-order valence-corrected chi connectivity index (χ3v) is 8.06. The Bertz CT molecular complexity index is 1290. The standard InChI is InChI=1S/C25H28N4O3S2/c1-3-32-12-6-11-29-24(31)18-7-4-5-8-20(18)27-25(29)33-15-22(30)28-23-19(14-26)17-10-9-16(2)13-21(17)34-23/h4-5,7-8,16H,3,6,9-13,15H2,1-2H3,(H,28,30)/t16-/m1/s1. The van der Waals surface area contributed by atoms with E-state index in [4.69, 9.17) is 4.74 Å². The number of fused-ring (bicyclic) bond motifs is 2. The molecule has 0 aliphatic heterocycles. The number of nitriles is 1. The highest BCUT2D eigenvalue weighted by atomic mass is 32.2. The summed E-state index contributed by atoms with van der Waals surface area (Å²) in [4.78, 5) is 31.8. The second-order valence-corrected chi connectivity index (χ2v) is 10.5. The highest BCUT2D eigenvalue weighted by molar-refractivity contribution is 7.99. The van der Waals surface area contributed by atoms with Gasteiger partial charge < -0.3 is 10.1 Å². The van der Waals surface area contributed by atoms with Gasteiger partial charge in [0.25, 0.3) is 5.56 Å². The van der Waals surface area contributed by atoms with Crippen molar-refractivity contribution in [2.75, 3.05) is 24.3 Å². The number of carbonyl (C=O) groups excluding carboxylic acids is 1. The van der Waals surface area contributed by atoms with Crippen LogP contribution < -0.4 is 10.9 Å². The second kappa shape index (κ2) is 11.2. The van der Waals surface area contributed by atoms with Gasteiger partial charge in [0, 0.05) is 24.6 Å². The SMILES string of the molecule is CCOCCCn1c(SCC(=O)Nc2sc3c(c2C#N)CC[C@@H](C)C3)nc2ccccc2c1=O. The van der Waals surface area contributed by atoms with Crippen LogP contribution in [0.15, 0.2) is 34.2 Å². The molecule has 1 amide bonds. The van der Waals surface area contributed by atoms with Crippen LogP contribution in [0.1, 0.15) is 42.7 Å². The van der Waals surface area contributed by atoms with E-state index in [-0.39, 0.29) is 17.2 Å². The Labute approximate surface area is 207 Å². The van der Waals surface area contributed by atoms with Crippen LogP contribution in [-0.4, -0.2) is 34.4 Å². The van der Waals surface area contributed by atoms with E-state index in [1.54, 1.807) is 10.6 Å². The number of amides is 1. The molecule has 0 bridgehead atoms. The van der Waals surface area contributed by atoms with Crippen LogP contribution in [0.3, 0.4) is 0 Å². The molecule has 2 heterocycles. The van der Waals surface area contributed by atoms with Gasteiger partial charge in [0.1, 0.15) is 11.1 Å². The number of aromatic nitrogens is 2. The van der Waals surface area contributed by atoms with E-state index in [1.807, 2.05) is 25.1 Å². The number of para-hydroxylation sites is 1. The van der Waals surface area contributed by atoms with Crippen molar-refractivity contribution in [3.8, 4) is 6.07 Å². The molecule has 0 radical (unpaired) electrons. The third-order valence-electron chi connectivity index (χ3n) is 5.91. The minimum Gasteiger partial charge on any atom is -0.382 e. The summed E-state index contributed by atoms with van der Waals surface area (Å²) in [6, 6.07) is 9.54. The zero-order chi connectivity index (χ0) is 24.1. The summed E-state index contributed by atoms with van der Waals surface area (Å²) in [7, 11) is 0. The molecule has 0 saturated heterocycles. The number of thiophene rings is 1. The molecule has 7 nitrogen and oxygen atoms in total. The van der Waals surface area contributed by atoms with Crippen LogP contribution in [0.25, 0.3) is 10.9 Å². The number of nitrogens with one attached hydrogen (secondary N) is 1. The van der Waals surface area contributed by atoms with Crippen LogP contribution in [0.5, 0.6) is 0 Å². The summed E-state index contributed by atoms with van der Waals surface area (Å²) in [5.74, 6) is 0.478. The van der Waals surface area contributed by atoms with E-state index >= 15 is 0 Å². The summed E-state index contributed by atoms with van der Waals surface area (Å²) >= 11 is 2.75. The third kappa shape index (κ3) is 5.35. The molecule has 178 valence electrons. The molecule has 0 fully saturated rings. The lowest BCUT2D eigenvalue weighted by atomic mass is 9.89. The fraction of sp³-hybridized carbons (Fsp3) is 0.440. The van der Waals surface area contributed by atoms with Crippen LogP contribution in [-0.2, 0) is 28.9 Å². The smallest absolute Gasteiger partial charge is 0.262 e. The monoisotopic (exact) mass is 496 g/mol. The molecule has 1 aliphatic carbocycles. The molecule has 1 aliphatic rings. The van der Waals surface area contributed by atoms with E-state index in [0.29, 0.717) is 58.7 Å².